The molecule has 3 N–H and O–H groups in total. The van der Waals surface area contributed by atoms with Gasteiger partial charge in [-0.25, -0.2) is 0 Å². The van der Waals surface area contributed by atoms with E-state index in [1.807, 2.05) is 24.1 Å². The molecule has 1 aliphatic carbocycles. The first-order valence-corrected chi connectivity index (χ1v) is 11.8. The predicted molar refractivity (Wildman–Crippen MR) is 132 cm³/mol. The Hall–Kier alpha value is -2.99. The Morgan fingerprint density at radius 3 is 2.81 bits per heavy atom. The zero-order valence-electron chi connectivity index (χ0n) is 19.1. The van der Waals surface area contributed by atoms with Crippen molar-refractivity contribution in [1.29, 1.82) is 0 Å². The van der Waals surface area contributed by atoms with E-state index in [9.17, 15) is 0 Å². The molecule has 2 aliphatic rings. The second kappa shape index (κ2) is 8.87. The summed E-state index contributed by atoms with van der Waals surface area (Å²) in [4.78, 5) is 9.96. The van der Waals surface area contributed by atoms with Crippen molar-refractivity contribution in [1.82, 2.24) is 20.1 Å². The number of rotatable bonds is 3. The van der Waals surface area contributed by atoms with Crippen LogP contribution in [0, 0.1) is 6.92 Å². The molecule has 5 rings (SSSR count). The predicted octanol–water partition coefficient (Wildman–Crippen LogP) is 4.38. The Kier molecular flexibility index (Phi) is 5.79. The highest BCUT2D eigenvalue weighted by Gasteiger charge is 2.21. The zero-order valence-corrected chi connectivity index (χ0v) is 19.1. The van der Waals surface area contributed by atoms with Gasteiger partial charge in [0.2, 0.25) is 0 Å². The second-order valence-electron chi connectivity index (χ2n) is 9.05. The first-order chi connectivity index (χ1) is 15.6. The molecule has 1 aromatic carbocycles. The Labute approximate surface area is 189 Å². The van der Waals surface area contributed by atoms with E-state index < -0.39 is 0 Å². The summed E-state index contributed by atoms with van der Waals surface area (Å²) in [6, 6.07) is 8.91. The van der Waals surface area contributed by atoms with Crippen molar-refractivity contribution in [2.75, 3.05) is 13.1 Å². The van der Waals surface area contributed by atoms with Crippen LogP contribution in [0.4, 0.5) is 0 Å². The summed E-state index contributed by atoms with van der Waals surface area (Å²) < 4.78 is 1.88. The maximum atomic E-state index is 6.83. The maximum Gasteiger partial charge on any atom is 0.0742 e. The number of nitrogens with two attached hydrogens (primary N) is 1. The van der Waals surface area contributed by atoms with Crippen LogP contribution in [0.15, 0.2) is 47.2 Å². The molecule has 1 aliphatic heterocycles. The van der Waals surface area contributed by atoms with E-state index in [4.69, 9.17) is 15.7 Å². The van der Waals surface area contributed by atoms with Gasteiger partial charge in [-0.2, -0.15) is 5.10 Å². The van der Waals surface area contributed by atoms with Crippen LogP contribution in [0.3, 0.4) is 0 Å². The fourth-order valence-corrected chi connectivity index (χ4v) is 4.96. The fraction of sp³-hybridized carbons (Fsp3) is 0.423. The maximum absolute atomic E-state index is 6.83. The van der Waals surface area contributed by atoms with Gasteiger partial charge in [0.25, 0.3) is 0 Å². The summed E-state index contributed by atoms with van der Waals surface area (Å²) in [5.74, 6) is 0. The fourth-order valence-electron chi connectivity index (χ4n) is 4.96. The van der Waals surface area contributed by atoms with Crippen LogP contribution in [0.25, 0.3) is 27.7 Å². The number of hydrogen-bond donors (Lipinski definition) is 2. The summed E-state index contributed by atoms with van der Waals surface area (Å²) in [5.41, 5.74) is 14.1. The number of aliphatic imine (C=N–C) groups is 1. The number of fused-ring (bicyclic) bond motifs is 1. The van der Waals surface area contributed by atoms with Crippen LogP contribution in [0.2, 0.25) is 0 Å². The third kappa shape index (κ3) is 3.95. The van der Waals surface area contributed by atoms with Crippen LogP contribution in [-0.2, 0) is 7.05 Å². The normalized spacial score (nSPS) is 20.8. The molecule has 166 valence electrons. The Morgan fingerprint density at radius 2 is 2.03 bits per heavy atom. The van der Waals surface area contributed by atoms with Crippen LogP contribution >= 0.6 is 0 Å². The highest BCUT2D eigenvalue weighted by atomic mass is 15.3. The topological polar surface area (TPSA) is 81.1 Å². The van der Waals surface area contributed by atoms with Crippen LogP contribution < -0.4 is 11.1 Å². The number of piperidine rings is 1. The smallest absolute Gasteiger partial charge is 0.0742 e. The molecule has 6 nitrogen and oxygen atoms in total. The first-order valence-electron chi connectivity index (χ1n) is 11.8. The van der Waals surface area contributed by atoms with Crippen molar-refractivity contribution < 1.29 is 0 Å². The molecule has 0 spiro atoms. The number of benzene rings is 1. The third-order valence-electron chi connectivity index (χ3n) is 6.99. The van der Waals surface area contributed by atoms with Gasteiger partial charge in [-0.05, 0) is 31.2 Å². The molecule has 1 saturated carbocycles. The number of aryl methyl sites for hydroxylation is 1. The van der Waals surface area contributed by atoms with E-state index in [1.165, 1.54) is 37.8 Å². The summed E-state index contributed by atoms with van der Waals surface area (Å²) in [6.07, 6.45) is 11.1. The molecule has 0 atom stereocenters. The molecule has 2 aromatic heterocycles. The van der Waals surface area contributed by atoms with Crippen LogP contribution in [-0.4, -0.2) is 39.6 Å². The molecule has 32 heavy (non-hydrogen) atoms. The number of nitrogens with one attached hydrogen (secondary N) is 1. The molecule has 0 bridgehead atoms. The van der Waals surface area contributed by atoms with E-state index in [2.05, 4.69) is 41.6 Å². The van der Waals surface area contributed by atoms with Crippen molar-refractivity contribution in [2.45, 2.75) is 51.5 Å². The second-order valence-corrected chi connectivity index (χ2v) is 9.05. The van der Waals surface area contributed by atoms with Gasteiger partial charge in [0.15, 0.2) is 0 Å². The van der Waals surface area contributed by atoms with E-state index in [-0.39, 0.29) is 0 Å². The lowest BCUT2D eigenvalue weighted by Gasteiger charge is -2.25. The van der Waals surface area contributed by atoms with Gasteiger partial charge < -0.3 is 11.1 Å². The minimum absolute atomic E-state index is 0.458. The average molecular weight is 429 g/mol. The molecule has 1 saturated heterocycles. The highest BCUT2D eigenvalue weighted by Crippen LogP contribution is 2.30. The standard InChI is InChI=1S/C26H32N6/c1-17-21(16-30-32(17)2)25-13-18-7-6-10-20(22(18)15-29-25)26(27)23-14-28-12-11-24(23)31-19-8-4-3-5-9-19/h6-7,10,13,15-16,19,28H,3-5,8-9,11-12,14,27H2,1-2H3. The van der Waals surface area contributed by atoms with E-state index in [1.54, 1.807) is 0 Å². The summed E-state index contributed by atoms with van der Waals surface area (Å²) in [7, 11) is 1.95. The van der Waals surface area contributed by atoms with Crippen molar-refractivity contribution >= 4 is 22.2 Å². The van der Waals surface area contributed by atoms with E-state index in [0.717, 1.165) is 64.1 Å². The van der Waals surface area contributed by atoms with E-state index in [0.29, 0.717) is 6.04 Å². The Bertz CT molecular complexity index is 1200. The monoisotopic (exact) mass is 428 g/mol. The largest absolute Gasteiger partial charge is 0.398 e. The summed E-state index contributed by atoms with van der Waals surface area (Å²) in [6.45, 7) is 3.80. The quantitative estimate of drug-likeness (QED) is 0.649. The number of hydrogen-bond acceptors (Lipinski definition) is 5. The molecule has 6 heteroatoms. The van der Waals surface area contributed by atoms with E-state index >= 15 is 0 Å². The number of nitrogens with zero attached hydrogens (tertiary/aromatic N) is 4. The molecule has 0 unspecified atom stereocenters. The summed E-state index contributed by atoms with van der Waals surface area (Å²) in [5, 5.41) is 10.1. The SMILES string of the molecule is Cc1c(-c2cc3cccc(C(N)=C4CNCCC4=NC4CCCCC4)c3cn2)cnn1C. The molecule has 3 aromatic rings. The molecular weight excluding hydrogens is 396 g/mol. The first kappa shape index (κ1) is 20.9. The van der Waals surface area contributed by atoms with Crippen molar-refractivity contribution in [2.24, 2.45) is 17.8 Å². The van der Waals surface area contributed by atoms with Gasteiger partial charge in [-0.15, -0.1) is 0 Å². The molecule has 3 heterocycles. The zero-order chi connectivity index (χ0) is 22.1. The van der Waals surface area contributed by atoms with Gasteiger partial charge >= 0.3 is 0 Å². The van der Waals surface area contributed by atoms with Crippen LogP contribution in [0.5, 0.6) is 0 Å². The van der Waals surface area contributed by atoms with Gasteiger partial charge in [0.1, 0.15) is 0 Å². The molecule has 0 amide bonds. The Morgan fingerprint density at radius 1 is 1.19 bits per heavy atom. The van der Waals surface area contributed by atoms with Gasteiger partial charge in [0, 0.05) is 71.9 Å². The highest BCUT2D eigenvalue weighted by molar-refractivity contribution is 6.09. The molecule has 2 fully saturated rings. The number of aromatic nitrogens is 3. The minimum atomic E-state index is 0.458. The van der Waals surface area contributed by atoms with Gasteiger partial charge in [0.05, 0.1) is 17.9 Å². The van der Waals surface area contributed by atoms with Crippen molar-refractivity contribution in [3.63, 3.8) is 0 Å². The lowest BCUT2D eigenvalue weighted by molar-refractivity contribution is 0.442. The number of pyridine rings is 1. The van der Waals surface area contributed by atoms with Crippen molar-refractivity contribution in [3.8, 4) is 11.3 Å². The lowest BCUT2D eigenvalue weighted by Crippen LogP contribution is -2.33. The summed E-state index contributed by atoms with van der Waals surface area (Å²) >= 11 is 0. The Balaban J connectivity index is 1.55. The van der Waals surface area contributed by atoms with Crippen LogP contribution in [0.1, 0.15) is 49.8 Å². The van der Waals surface area contributed by atoms with Gasteiger partial charge in [-0.1, -0.05) is 37.5 Å². The average Bonchev–Trinajstić information content (AvgIpc) is 3.17. The molecular formula is C26H32N6. The molecule has 0 radical (unpaired) electrons. The lowest BCUT2D eigenvalue weighted by atomic mass is 9.93. The minimum Gasteiger partial charge on any atom is -0.398 e. The van der Waals surface area contributed by atoms with Gasteiger partial charge in [-0.3, -0.25) is 14.7 Å². The third-order valence-corrected chi connectivity index (χ3v) is 6.99. The van der Waals surface area contributed by atoms with Crippen molar-refractivity contribution in [3.05, 3.63) is 53.5 Å².